The first-order valence-corrected chi connectivity index (χ1v) is 11.2. The lowest BCUT2D eigenvalue weighted by molar-refractivity contribution is -0.135. The molecule has 28 heavy (non-hydrogen) atoms. The van der Waals surface area contributed by atoms with Gasteiger partial charge in [-0.2, -0.15) is 8.42 Å². The molecule has 0 aliphatic heterocycles. The summed E-state index contributed by atoms with van der Waals surface area (Å²) in [5, 5.41) is 0. The molecular weight excluding hydrogens is 374 g/mol. The van der Waals surface area contributed by atoms with Gasteiger partial charge >= 0.3 is 10.1 Å². The van der Waals surface area contributed by atoms with Crippen LogP contribution in [0.1, 0.15) is 51.2 Å². The second-order valence-electron chi connectivity index (χ2n) is 7.01. The zero-order chi connectivity index (χ0) is 20.7. The van der Waals surface area contributed by atoms with E-state index < -0.39 is 10.1 Å². The summed E-state index contributed by atoms with van der Waals surface area (Å²) in [5.74, 6) is 0.115. The first-order chi connectivity index (χ1) is 13.3. The van der Waals surface area contributed by atoms with E-state index in [4.69, 9.17) is 4.18 Å². The fraction of sp³-hybridized carbons (Fsp3) is 0.409. The lowest BCUT2D eigenvalue weighted by Gasteiger charge is -2.31. The number of benzene rings is 2. The number of nitrogens with zero attached hydrogens (tertiary/aromatic N) is 1. The van der Waals surface area contributed by atoms with Crippen LogP contribution >= 0.6 is 0 Å². The van der Waals surface area contributed by atoms with Gasteiger partial charge in [0.25, 0.3) is 0 Å². The third kappa shape index (κ3) is 5.83. The van der Waals surface area contributed by atoms with Crippen LogP contribution in [0.5, 0.6) is 5.75 Å². The fourth-order valence-corrected chi connectivity index (χ4v) is 3.53. The molecule has 2 rings (SSSR count). The molecule has 0 radical (unpaired) electrons. The van der Waals surface area contributed by atoms with Gasteiger partial charge in [0.15, 0.2) is 0 Å². The van der Waals surface area contributed by atoms with Crippen LogP contribution in [0.25, 0.3) is 0 Å². The lowest BCUT2D eigenvalue weighted by atomic mass is 9.94. The van der Waals surface area contributed by atoms with Crippen molar-refractivity contribution >= 4 is 16.0 Å². The van der Waals surface area contributed by atoms with Gasteiger partial charge in [0, 0.05) is 12.6 Å². The molecule has 0 unspecified atom stereocenters. The molecule has 0 aliphatic rings. The van der Waals surface area contributed by atoms with Crippen LogP contribution in [0.15, 0.2) is 54.6 Å². The van der Waals surface area contributed by atoms with Crippen molar-refractivity contribution in [2.24, 2.45) is 0 Å². The molecule has 0 saturated heterocycles. The quantitative estimate of drug-likeness (QED) is 0.584. The fourth-order valence-electron chi connectivity index (χ4n) is 3.01. The largest absolute Gasteiger partial charge is 0.382 e. The summed E-state index contributed by atoms with van der Waals surface area (Å²) >= 11 is 0. The molecule has 1 atom stereocenters. The summed E-state index contributed by atoms with van der Waals surface area (Å²) in [4.78, 5) is 15.1. The predicted octanol–water partition coefficient (Wildman–Crippen LogP) is 4.35. The summed E-state index contributed by atoms with van der Waals surface area (Å²) in [6.45, 7) is 8.02. The zero-order valence-electron chi connectivity index (χ0n) is 17.0. The molecule has 0 aliphatic carbocycles. The van der Waals surface area contributed by atoms with Crippen molar-refractivity contribution in [3.8, 4) is 5.75 Å². The molecule has 0 N–H and O–H groups in total. The molecule has 1 amide bonds. The van der Waals surface area contributed by atoms with Crippen molar-refractivity contribution in [2.75, 3.05) is 5.75 Å². The van der Waals surface area contributed by atoms with Gasteiger partial charge in [0.1, 0.15) is 5.75 Å². The Morgan fingerprint density at radius 2 is 1.61 bits per heavy atom. The van der Waals surface area contributed by atoms with E-state index in [1.165, 1.54) is 6.92 Å². The summed E-state index contributed by atoms with van der Waals surface area (Å²) in [6.07, 6.45) is 0.730. The number of hydrogen-bond acceptors (Lipinski definition) is 4. The van der Waals surface area contributed by atoms with Gasteiger partial charge in [-0.3, -0.25) is 4.79 Å². The maximum atomic E-state index is 13.2. The molecule has 0 fully saturated rings. The second kappa shape index (κ2) is 9.73. The van der Waals surface area contributed by atoms with E-state index in [0.29, 0.717) is 6.54 Å². The van der Waals surface area contributed by atoms with E-state index in [1.807, 2.05) is 56.0 Å². The van der Waals surface area contributed by atoms with Crippen molar-refractivity contribution < 1.29 is 17.4 Å². The average Bonchev–Trinajstić information content (AvgIpc) is 2.68. The first-order valence-electron chi connectivity index (χ1n) is 9.64. The summed E-state index contributed by atoms with van der Waals surface area (Å²) in [6, 6.07) is 16.7. The Labute approximate surface area is 168 Å². The van der Waals surface area contributed by atoms with Crippen molar-refractivity contribution in [3.05, 3.63) is 65.7 Å². The van der Waals surface area contributed by atoms with Gasteiger partial charge in [0.2, 0.25) is 5.91 Å². The molecule has 152 valence electrons. The van der Waals surface area contributed by atoms with Crippen LogP contribution < -0.4 is 4.18 Å². The minimum absolute atomic E-state index is 0.0432. The SMILES string of the molecule is CC[C@H](C(=O)N(Cc1ccc(OS(=O)(=O)CC)cc1)C(C)C)c1ccccc1. The molecule has 2 aromatic carbocycles. The Bertz CT molecular complexity index is 861. The summed E-state index contributed by atoms with van der Waals surface area (Å²) in [5.41, 5.74) is 1.94. The second-order valence-corrected chi connectivity index (χ2v) is 8.86. The van der Waals surface area contributed by atoms with Gasteiger partial charge in [-0.05, 0) is 50.5 Å². The van der Waals surface area contributed by atoms with E-state index in [-0.39, 0.29) is 29.4 Å². The maximum Gasteiger partial charge on any atom is 0.308 e. The van der Waals surface area contributed by atoms with Crippen molar-refractivity contribution in [1.82, 2.24) is 4.90 Å². The number of amides is 1. The summed E-state index contributed by atoms with van der Waals surface area (Å²) in [7, 11) is -3.55. The minimum Gasteiger partial charge on any atom is -0.382 e. The third-order valence-corrected chi connectivity index (χ3v) is 5.82. The molecule has 6 heteroatoms. The smallest absolute Gasteiger partial charge is 0.308 e. The highest BCUT2D eigenvalue weighted by Crippen LogP contribution is 2.25. The molecule has 0 bridgehead atoms. The molecule has 0 saturated carbocycles. The van der Waals surface area contributed by atoms with E-state index in [2.05, 4.69) is 0 Å². The van der Waals surface area contributed by atoms with Crippen molar-refractivity contribution in [2.45, 2.75) is 52.6 Å². The molecule has 0 heterocycles. The lowest BCUT2D eigenvalue weighted by Crippen LogP contribution is -2.39. The number of carbonyl (C=O) groups excluding carboxylic acids is 1. The monoisotopic (exact) mass is 403 g/mol. The number of rotatable bonds is 9. The van der Waals surface area contributed by atoms with Crippen molar-refractivity contribution in [1.29, 1.82) is 0 Å². The van der Waals surface area contributed by atoms with Gasteiger partial charge in [-0.25, -0.2) is 0 Å². The van der Waals surface area contributed by atoms with Crippen LogP contribution in [-0.4, -0.2) is 31.0 Å². The highest BCUT2D eigenvalue weighted by molar-refractivity contribution is 7.87. The Kier molecular flexibility index (Phi) is 7.63. The normalized spacial score (nSPS) is 12.6. The average molecular weight is 404 g/mol. The van der Waals surface area contributed by atoms with Crippen LogP contribution in [-0.2, 0) is 21.5 Å². The van der Waals surface area contributed by atoms with Gasteiger partial charge < -0.3 is 9.08 Å². The Morgan fingerprint density at radius 3 is 2.11 bits per heavy atom. The Morgan fingerprint density at radius 1 is 1.00 bits per heavy atom. The van der Waals surface area contributed by atoms with Gasteiger partial charge in [0.05, 0.1) is 11.7 Å². The zero-order valence-corrected chi connectivity index (χ0v) is 17.8. The minimum atomic E-state index is -3.55. The molecule has 0 aromatic heterocycles. The number of carbonyl (C=O) groups is 1. The van der Waals surface area contributed by atoms with Gasteiger partial charge in [-0.1, -0.05) is 49.4 Å². The molecule has 0 spiro atoms. The Balaban J connectivity index is 2.17. The Hall–Kier alpha value is -2.34. The highest BCUT2D eigenvalue weighted by Gasteiger charge is 2.26. The summed E-state index contributed by atoms with van der Waals surface area (Å²) < 4.78 is 28.2. The van der Waals surface area contributed by atoms with Crippen LogP contribution in [0, 0.1) is 0 Å². The topological polar surface area (TPSA) is 63.7 Å². The standard InChI is InChI=1S/C22H29NO4S/c1-5-21(19-10-8-7-9-11-19)22(24)23(17(3)4)16-18-12-14-20(15-13-18)27-28(25,26)6-2/h7-15,17,21H,5-6,16H2,1-4H3/t21-/m0/s1. The first kappa shape index (κ1) is 22.0. The molecule has 2 aromatic rings. The van der Waals surface area contributed by atoms with Crippen molar-refractivity contribution in [3.63, 3.8) is 0 Å². The number of hydrogen-bond donors (Lipinski definition) is 0. The molecular formula is C22H29NO4S. The van der Waals surface area contributed by atoms with Crippen LogP contribution in [0.2, 0.25) is 0 Å². The third-order valence-electron chi connectivity index (χ3n) is 4.67. The van der Waals surface area contributed by atoms with E-state index in [0.717, 1.165) is 17.5 Å². The van der Waals surface area contributed by atoms with E-state index in [9.17, 15) is 13.2 Å². The van der Waals surface area contributed by atoms with Crippen LogP contribution in [0.3, 0.4) is 0 Å². The predicted molar refractivity (Wildman–Crippen MR) is 112 cm³/mol. The molecule has 5 nitrogen and oxygen atoms in total. The highest BCUT2D eigenvalue weighted by atomic mass is 32.2. The van der Waals surface area contributed by atoms with E-state index in [1.54, 1.807) is 24.3 Å². The van der Waals surface area contributed by atoms with Crippen LogP contribution in [0.4, 0.5) is 0 Å². The van der Waals surface area contributed by atoms with Gasteiger partial charge in [-0.15, -0.1) is 0 Å². The maximum absolute atomic E-state index is 13.2. The van der Waals surface area contributed by atoms with E-state index >= 15 is 0 Å².